The van der Waals surface area contributed by atoms with Gasteiger partial charge in [-0.15, -0.1) is 24.0 Å². The number of nitrogens with zero attached hydrogens (tertiary/aromatic N) is 3. The maximum atomic E-state index is 13.5. The molecule has 0 aliphatic rings. The van der Waals surface area contributed by atoms with E-state index >= 15 is 0 Å². The van der Waals surface area contributed by atoms with Crippen LogP contribution in [0.3, 0.4) is 0 Å². The summed E-state index contributed by atoms with van der Waals surface area (Å²) >= 11 is 0. The van der Waals surface area contributed by atoms with Crippen LogP contribution < -0.4 is 10.6 Å². The number of rotatable bonds is 8. The van der Waals surface area contributed by atoms with Crippen molar-refractivity contribution in [2.45, 2.75) is 26.8 Å². The molecule has 152 valence electrons. The van der Waals surface area contributed by atoms with Crippen LogP contribution in [0, 0.1) is 11.7 Å². The minimum Gasteiger partial charge on any atom is -0.361 e. The number of aromatic nitrogens is 3. The smallest absolute Gasteiger partial charge is 0.191 e. The highest BCUT2D eigenvalue weighted by Gasteiger charge is 2.07. The number of nitrogens with one attached hydrogen (secondary N) is 3. The van der Waals surface area contributed by atoms with Gasteiger partial charge in [0, 0.05) is 55.7 Å². The van der Waals surface area contributed by atoms with Crippen molar-refractivity contribution in [3.8, 4) is 0 Å². The van der Waals surface area contributed by atoms with E-state index in [1.54, 1.807) is 18.3 Å². The lowest BCUT2D eigenvalue weighted by Gasteiger charge is -2.13. The van der Waals surface area contributed by atoms with Crippen LogP contribution in [0.25, 0.3) is 10.9 Å². The Morgan fingerprint density at radius 3 is 2.96 bits per heavy atom. The fourth-order valence-corrected chi connectivity index (χ4v) is 3.05. The lowest BCUT2D eigenvalue weighted by molar-refractivity contribution is 0.458. The van der Waals surface area contributed by atoms with Gasteiger partial charge in [-0.3, -0.25) is 9.67 Å². The van der Waals surface area contributed by atoms with Crippen LogP contribution in [0.15, 0.2) is 47.8 Å². The molecule has 0 radical (unpaired) electrons. The third-order valence-corrected chi connectivity index (χ3v) is 4.38. The van der Waals surface area contributed by atoms with Crippen LogP contribution in [0.2, 0.25) is 0 Å². The zero-order chi connectivity index (χ0) is 19.1. The van der Waals surface area contributed by atoms with Crippen molar-refractivity contribution in [1.29, 1.82) is 0 Å². The molecule has 6 nitrogen and oxygen atoms in total. The second-order valence-electron chi connectivity index (χ2n) is 6.73. The number of hydrogen-bond donors (Lipinski definition) is 3. The first kappa shape index (κ1) is 22.2. The van der Waals surface area contributed by atoms with E-state index in [4.69, 9.17) is 0 Å². The summed E-state index contributed by atoms with van der Waals surface area (Å²) in [6.45, 7) is 7.30. The molecule has 0 saturated carbocycles. The highest BCUT2D eigenvalue weighted by Crippen LogP contribution is 2.19. The molecular weight excluding hydrogens is 470 g/mol. The molecule has 0 aliphatic heterocycles. The van der Waals surface area contributed by atoms with Crippen LogP contribution in [-0.4, -0.2) is 40.4 Å². The molecule has 2 heterocycles. The van der Waals surface area contributed by atoms with Crippen LogP contribution in [0.4, 0.5) is 4.39 Å². The summed E-state index contributed by atoms with van der Waals surface area (Å²) in [7, 11) is 0. The highest BCUT2D eigenvalue weighted by molar-refractivity contribution is 14.0. The Kier molecular flexibility index (Phi) is 8.75. The summed E-state index contributed by atoms with van der Waals surface area (Å²) in [4.78, 5) is 7.87. The van der Waals surface area contributed by atoms with Crippen LogP contribution in [0.5, 0.6) is 0 Å². The van der Waals surface area contributed by atoms with E-state index < -0.39 is 0 Å². The van der Waals surface area contributed by atoms with E-state index in [0.717, 1.165) is 48.5 Å². The van der Waals surface area contributed by atoms with Crippen molar-refractivity contribution < 1.29 is 4.39 Å². The minimum absolute atomic E-state index is 0. The number of aliphatic imine (C=N–C) groups is 1. The van der Waals surface area contributed by atoms with Crippen molar-refractivity contribution in [2.75, 3.05) is 19.6 Å². The molecule has 8 heteroatoms. The van der Waals surface area contributed by atoms with Crippen molar-refractivity contribution in [3.63, 3.8) is 0 Å². The number of halogens is 2. The zero-order valence-corrected chi connectivity index (χ0v) is 18.6. The second-order valence-corrected chi connectivity index (χ2v) is 6.73. The zero-order valence-electron chi connectivity index (χ0n) is 16.3. The van der Waals surface area contributed by atoms with E-state index in [1.807, 2.05) is 30.1 Å². The van der Waals surface area contributed by atoms with Crippen molar-refractivity contribution in [3.05, 3.63) is 54.2 Å². The monoisotopic (exact) mass is 498 g/mol. The number of guanidine groups is 1. The van der Waals surface area contributed by atoms with Gasteiger partial charge in [0.05, 0.1) is 0 Å². The molecule has 2 aromatic heterocycles. The summed E-state index contributed by atoms with van der Waals surface area (Å²) in [6.07, 6.45) is 6.49. The largest absolute Gasteiger partial charge is 0.361 e. The summed E-state index contributed by atoms with van der Waals surface area (Å²) in [5.41, 5.74) is 2.05. The molecule has 0 fully saturated rings. The summed E-state index contributed by atoms with van der Waals surface area (Å²) < 4.78 is 15.4. The maximum absolute atomic E-state index is 13.5. The summed E-state index contributed by atoms with van der Waals surface area (Å²) in [5, 5.41) is 11.8. The van der Waals surface area contributed by atoms with E-state index in [2.05, 4.69) is 32.6 Å². The molecule has 0 saturated heterocycles. The van der Waals surface area contributed by atoms with Gasteiger partial charge in [-0.1, -0.05) is 6.92 Å². The molecule has 1 aromatic carbocycles. The van der Waals surface area contributed by atoms with E-state index in [0.29, 0.717) is 12.5 Å². The molecule has 3 rings (SSSR count). The van der Waals surface area contributed by atoms with E-state index in [-0.39, 0.29) is 29.8 Å². The number of hydrogen-bond acceptors (Lipinski definition) is 2. The average molecular weight is 498 g/mol. The maximum Gasteiger partial charge on any atom is 0.191 e. The predicted octanol–water partition coefficient (Wildman–Crippen LogP) is 3.56. The molecule has 0 spiro atoms. The first-order valence-electron chi connectivity index (χ1n) is 9.41. The van der Waals surface area contributed by atoms with Crippen molar-refractivity contribution >= 4 is 40.8 Å². The van der Waals surface area contributed by atoms with E-state index in [1.165, 1.54) is 6.07 Å². The first-order valence-corrected chi connectivity index (χ1v) is 9.41. The van der Waals surface area contributed by atoms with E-state index in [9.17, 15) is 4.39 Å². The van der Waals surface area contributed by atoms with Crippen molar-refractivity contribution in [1.82, 2.24) is 25.4 Å². The van der Waals surface area contributed by atoms with Crippen LogP contribution in [0.1, 0.15) is 19.4 Å². The highest BCUT2D eigenvalue weighted by atomic mass is 127. The van der Waals surface area contributed by atoms with Gasteiger partial charge in [-0.2, -0.15) is 5.10 Å². The molecule has 28 heavy (non-hydrogen) atoms. The number of H-pyrrole nitrogens is 1. The van der Waals surface area contributed by atoms with Crippen LogP contribution >= 0.6 is 24.0 Å². The molecule has 0 amide bonds. The molecule has 0 bridgehead atoms. The first-order chi connectivity index (χ1) is 13.2. The predicted molar refractivity (Wildman–Crippen MR) is 123 cm³/mol. The average Bonchev–Trinajstić information content (AvgIpc) is 3.29. The minimum atomic E-state index is -0.211. The Hall–Kier alpha value is -2.10. The van der Waals surface area contributed by atoms with Gasteiger partial charge in [0.15, 0.2) is 5.96 Å². The SMILES string of the molecule is CCNC(=NCC(C)Cn1cccn1)NCCc1c[nH]c2ccc(F)cc12.I. The standard InChI is InChI=1S/C20H27FN6.HI/c1-3-22-20(25-12-15(2)14-27-10-4-8-26-27)23-9-7-16-13-24-19-6-5-17(21)11-18(16)19;/h4-6,8,10-11,13,15,24H,3,7,9,12,14H2,1-2H3,(H2,22,23,25);1H. The Labute approximate surface area is 182 Å². The fraction of sp³-hybridized carbons (Fsp3) is 0.400. The topological polar surface area (TPSA) is 70.0 Å². The summed E-state index contributed by atoms with van der Waals surface area (Å²) in [6, 6.07) is 6.75. The fourth-order valence-electron chi connectivity index (χ4n) is 3.05. The molecule has 1 atom stereocenters. The lowest BCUT2D eigenvalue weighted by Crippen LogP contribution is -2.38. The normalized spacial score (nSPS) is 12.6. The van der Waals surface area contributed by atoms with Gasteiger partial charge in [-0.05, 0) is 49.1 Å². The quantitative estimate of drug-likeness (QED) is 0.253. The Morgan fingerprint density at radius 1 is 1.36 bits per heavy atom. The van der Waals surface area contributed by atoms with Gasteiger partial charge in [0.2, 0.25) is 0 Å². The molecule has 3 N–H and O–H groups in total. The molecule has 3 aromatic rings. The Morgan fingerprint density at radius 2 is 2.21 bits per heavy atom. The number of aromatic amines is 1. The van der Waals surface area contributed by atoms with Crippen LogP contribution in [-0.2, 0) is 13.0 Å². The molecular formula is C20H28FIN6. The van der Waals surface area contributed by atoms with Gasteiger partial charge in [0.25, 0.3) is 0 Å². The lowest BCUT2D eigenvalue weighted by atomic mass is 10.1. The third kappa shape index (κ3) is 6.22. The summed E-state index contributed by atoms with van der Waals surface area (Å²) in [5.74, 6) is 0.977. The Bertz CT molecular complexity index is 874. The number of benzene rings is 1. The van der Waals surface area contributed by atoms with Crippen molar-refractivity contribution in [2.24, 2.45) is 10.9 Å². The number of fused-ring (bicyclic) bond motifs is 1. The second kappa shape index (κ2) is 11.0. The van der Waals surface area contributed by atoms with Gasteiger partial charge >= 0.3 is 0 Å². The van der Waals surface area contributed by atoms with Gasteiger partial charge in [0.1, 0.15) is 5.82 Å². The third-order valence-electron chi connectivity index (χ3n) is 4.38. The van der Waals surface area contributed by atoms with Gasteiger partial charge < -0.3 is 15.6 Å². The molecule has 0 aliphatic carbocycles. The van der Waals surface area contributed by atoms with Gasteiger partial charge in [-0.25, -0.2) is 4.39 Å². The molecule has 1 unspecified atom stereocenters. The Balaban J connectivity index is 0.00000280.